The van der Waals surface area contributed by atoms with Crippen LogP contribution in [0.4, 0.5) is 11.5 Å². The Labute approximate surface area is 276 Å². The van der Waals surface area contributed by atoms with Crippen LogP contribution in [0.3, 0.4) is 0 Å². The smallest absolute Gasteiger partial charge is 0.326 e. The van der Waals surface area contributed by atoms with Crippen LogP contribution < -0.4 is 14.5 Å². The number of benzene rings is 1. The van der Waals surface area contributed by atoms with Crippen molar-refractivity contribution in [2.75, 3.05) is 42.7 Å². The molecule has 0 radical (unpaired) electrons. The Kier molecular flexibility index (Phi) is 7.23. The van der Waals surface area contributed by atoms with E-state index in [1.807, 2.05) is 44.3 Å². The predicted molar refractivity (Wildman–Crippen MR) is 176 cm³/mol. The minimum atomic E-state index is -0.972. The Morgan fingerprint density at radius 1 is 1.12 bits per heavy atom. The number of aryl methyl sites for hydroxylation is 2. The van der Waals surface area contributed by atoms with Gasteiger partial charge >= 0.3 is 5.97 Å². The molecule has 3 aliphatic heterocycles. The molecule has 3 atom stereocenters. The van der Waals surface area contributed by atoms with Gasteiger partial charge in [0.1, 0.15) is 40.4 Å². The fourth-order valence-corrected chi connectivity index (χ4v) is 6.86. The van der Waals surface area contributed by atoms with Crippen LogP contribution in [0.5, 0.6) is 5.88 Å². The SMILES string of the molecule is Cc1nc(N2C[C@@H](Oc3ncc(C#Cc4cnn(C)c4C)cc3N3CCOC4(COC4)[C@@H]3C)C[C@H]2C(=O)O)c2oc3ccccc3c2n1. The van der Waals surface area contributed by atoms with Crippen molar-refractivity contribution in [2.45, 2.75) is 51.0 Å². The van der Waals surface area contributed by atoms with E-state index >= 15 is 0 Å². The first-order valence-electron chi connectivity index (χ1n) is 16.0. The number of anilines is 2. The molecule has 0 saturated carbocycles. The van der Waals surface area contributed by atoms with Crippen LogP contribution in [0.15, 0.2) is 47.1 Å². The minimum Gasteiger partial charge on any atom is -0.480 e. The lowest BCUT2D eigenvalue weighted by Gasteiger charge is -2.53. The Morgan fingerprint density at radius 2 is 1.96 bits per heavy atom. The van der Waals surface area contributed by atoms with Gasteiger partial charge < -0.3 is 33.5 Å². The first kappa shape index (κ1) is 30.2. The maximum atomic E-state index is 12.7. The summed E-state index contributed by atoms with van der Waals surface area (Å²) in [6.07, 6.45) is 3.17. The number of carboxylic acids is 1. The molecule has 5 aromatic rings. The van der Waals surface area contributed by atoms with E-state index in [9.17, 15) is 9.90 Å². The summed E-state index contributed by atoms with van der Waals surface area (Å²) >= 11 is 0. The second kappa shape index (κ2) is 11.5. The third-order valence-corrected chi connectivity index (χ3v) is 9.77. The van der Waals surface area contributed by atoms with Gasteiger partial charge in [0.25, 0.3) is 0 Å². The molecule has 3 aliphatic rings. The van der Waals surface area contributed by atoms with Crippen molar-refractivity contribution in [2.24, 2.45) is 7.05 Å². The highest BCUT2D eigenvalue weighted by molar-refractivity contribution is 6.06. The van der Waals surface area contributed by atoms with E-state index in [1.165, 1.54) is 0 Å². The van der Waals surface area contributed by atoms with Crippen molar-refractivity contribution in [1.82, 2.24) is 24.7 Å². The summed E-state index contributed by atoms with van der Waals surface area (Å²) in [4.78, 5) is 30.7. The Bertz CT molecular complexity index is 2130. The molecule has 48 heavy (non-hydrogen) atoms. The van der Waals surface area contributed by atoms with Gasteiger partial charge in [-0.05, 0) is 39.0 Å². The third kappa shape index (κ3) is 4.99. The lowest BCUT2D eigenvalue weighted by atomic mass is 9.90. The van der Waals surface area contributed by atoms with Gasteiger partial charge in [-0.2, -0.15) is 5.10 Å². The van der Waals surface area contributed by atoms with Gasteiger partial charge in [-0.3, -0.25) is 4.68 Å². The zero-order valence-corrected chi connectivity index (χ0v) is 27.1. The lowest BCUT2D eigenvalue weighted by molar-refractivity contribution is -0.228. The molecule has 13 heteroatoms. The van der Waals surface area contributed by atoms with Crippen LogP contribution in [0.1, 0.15) is 36.0 Å². The molecular weight excluding hydrogens is 614 g/mol. The van der Waals surface area contributed by atoms with Crippen molar-refractivity contribution in [3.05, 3.63) is 65.4 Å². The molecule has 0 amide bonds. The molecule has 0 unspecified atom stereocenters. The average Bonchev–Trinajstić information content (AvgIpc) is 3.75. The van der Waals surface area contributed by atoms with E-state index in [4.69, 9.17) is 23.6 Å². The number of hydrogen-bond acceptors (Lipinski definition) is 11. The third-order valence-electron chi connectivity index (χ3n) is 9.77. The van der Waals surface area contributed by atoms with E-state index < -0.39 is 23.7 Å². The average molecular weight is 650 g/mol. The number of morpholine rings is 1. The van der Waals surface area contributed by atoms with Crippen molar-refractivity contribution >= 4 is 39.5 Å². The fourth-order valence-electron chi connectivity index (χ4n) is 6.86. The standard InChI is InChI=1S/C35H35N7O6/c1-20-24(16-37-40(20)4)10-9-23-13-27(41-11-12-46-35(21(41)2)18-45-19-35)33(36-15-23)47-25-14-28(34(43)44)42(17-25)32-31-30(38-22(3)39-32)26-7-5-6-8-29(26)48-31/h5-8,13,15-16,21,25,28H,11-12,14,17-19H2,1-4H3,(H,43,44)/t21-,25-,28-/m0/s1. The summed E-state index contributed by atoms with van der Waals surface area (Å²) in [6, 6.07) is 8.69. The molecule has 13 nitrogen and oxygen atoms in total. The van der Waals surface area contributed by atoms with Crippen LogP contribution in [0.2, 0.25) is 0 Å². The molecule has 3 fully saturated rings. The Morgan fingerprint density at radius 3 is 2.71 bits per heavy atom. The molecule has 0 bridgehead atoms. The van der Waals surface area contributed by atoms with Crippen molar-refractivity contribution < 1.29 is 28.5 Å². The molecule has 1 aromatic carbocycles. The lowest BCUT2D eigenvalue weighted by Crippen LogP contribution is -2.68. The number of para-hydroxylation sites is 1. The number of carbonyl (C=O) groups is 1. The van der Waals surface area contributed by atoms with E-state index in [1.54, 1.807) is 28.9 Å². The van der Waals surface area contributed by atoms with Gasteiger partial charge in [0.2, 0.25) is 5.88 Å². The van der Waals surface area contributed by atoms with E-state index in [-0.39, 0.29) is 19.0 Å². The molecular formula is C35H35N7O6. The summed E-state index contributed by atoms with van der Waals surface area (Å²) in [5.41, 5.74) is 4.67. The van der Waals surface area contributed by atoms with Crippen LogP contribution >= 0.6 is 0 Å². The van der Waals surface area contributed by atoms with Gasteiger partial charge in [-0.25, -0.2) is 19.7 Å². The van der Waals surface area contributed by atoms with Gasteiger partial charge in [0, 0.05) is 37.2 Å². The first-order valence-corrected chi connectivity index (χ1v) is 16.0. The van der Waals surface area contributed by atoms with Crippen molar-refractivity contribution in [3.63, 3.8) is 0 Å². The fraction of sp³-hybridized carbons (Fsp3) is 0.400. The highest BCUT2D eigenvalue weighted by atomic mass is 16.6. The monoisotopic (exact) mass is 649 g/mol. The molecule has 0 aliphatic carbocycles. The molecule has 8 rings (SSSR count). The van der Waals surface area contributed by atoms with Crippen LogP contribution in [-0.2, 0) is 21.3 Å². The first-order chi connectivity index (χ1) is 23.2. The zero-order valence-electron chi connectivity index (χ0n) is 27.1. The van der Waals surface area contributed by atoms with E-state index in [2.05, 4.69) is 38.7 Å². The highest BCUT2D eigenvalue weighted by Gasteiger charge is 2.50. The van der Waals surface area contributed by atoms with Gasteiger partial charge in [-0.15, -0.1) is 0 Å². The van der Waals surface area contributed by atoms with Gasteiger partial charge in [0.15, 0.2) is 11.4 Å². The van der Waals surface area contributed by atoms with Gasteiger partial charge in [0.05, 0.1) is 49.9 Å². The van der Waals surface area contributed by atoms with E-state index in [0.717, 1.165) is 27.9 Å². The van der Waals surface area contributed by atoms with Crippen LogP contribution in [-0.4, -0.2) is 92.5 Å². The molecule has 246 valence electrons. The zero-order chi connectivity index (χ0) is 33.2. The van der Waals surface area contributed by atoms with E-state index in [0.29, 0.717) is 60.6 Å². The Balaban J connectivity index is 1.15. The number of ether oxygens (including phenoxy) is 3. The second-order valence-electron chi connectivity index (χ2n) is 12.7. The maximum Gasteiger partial charge on any atom is 0.326 e. The maximum absolute atomic E-state index is 12.7. The van der Waals surface area contributed by atoms with Crippen LogP contribution in [0.25, 0.3) is 22.1 Å². The largest absolute Gasteiger partial charge is 0.480 e. The van der Waals surface area contributed by atoms with Crippen LogP contribution in [0, 0.1) is 25.7 Å². The van der Waals surface area contributed by atoms with Crippen molar-refractivity contribution in [1.29, 1.82) is 0 Å². The summed E-state index contributed by atoms with van der Waals surface area (Å²) < 4.78 is 26.4. The van der Waals surface area contributed by atoms with Crippen molar-refractivity contribution in [3.8, 4) is 17.7 Å². The number of rotatable bonds is 5. The minimum absolute atomic E-state index is 0.0230. The number of nitrogens with zero attached hydrogens (tertiary/aromatic N) is 7. The molecule has 1 spiro atoms. The number of furan rings is 1. The summed E-state index contributed by atoms with van der Waals surface area (Å²) in [6.45, 7) is 8.33. The summed E-state index contributed by atoms with van der Waals surface area (Å²) in [7, 11) is 1.89. The molecule has 1 N–H and O–H groups in total. The summed E-state index contributed by atoms with van der Waals surface area (Å²) in [5, 5.41) is 15.5. The quantitative estimate of drug-likeness (QED) is 0.278. The number of pyridine rings is 1. The highest BCUT2D eigenvalue weighted by Crippen LogP contribution is 2.40. The molecule has 4 aromatic heterocycles. The normalized spacial score (nSPS) is 21.8. The molecule has 3 saturated heterocycles. The Hall–Kier alpha value is -5.19. The second-order valence-corrected chi connectivity index (χ2v) is 12.7. The molecule has 7 heterocycles. The number of carboxylic acid groups (broad SMARTS) is 1. The topological polar surface area (TPSA) is 141 Å². The number of aromatic nitrogens is 5. The number of aliphatic carboxylic acids is 1. The summed E-state index contributed by atoms with van der Waals surface area (Å²) in [5.74, 6) is 6.87. The number of hydrogen-bond donors (Lipinski definition) is 1. The number of fused-ring (bicyclic) bond motifs is 3. The van der Waals surface area contributed by atoms with Gasteiger partial charge in [-0.1, -0.05) is 24.0 Å². The predicted octanol–water partition coefficient (Wildman–Crippen LogP) is 3.63.